The van der Waals surface area contributed by atoms with Crippen molar-refractivity contribution in [1.29, 1.82) is 0 Å². The van der Waals surface area contributed by atoms with E-state index < -0.39 is 6.04 Å². The third kappa shape index (κ3) is 4.35. The van der Waals surface area contributed by atoms with Crippen molar-refractivity contribution in [2.75, 3.05) is 13.7 Å². The summed E-state index contributed by atoms with van der Waals surface area (Å²) in [5.74, 6) is 0.427. The zero-order valence-corrected chi connectivity index (χ0v) is 17.1. The van der Waals surface area contributed by atoms with Crippen molar-refractivity contribution < 1.29 is 19.1 Å². The van der Waals surface area contributed by atoms with Gasteiger partial charge in [0.25, 0.3) is 0 Å². The molecule has 1 amide bonds. The Morgan fingerprint density at radius 3 is 2.60 bits per heavy atom. The van der Waals surface area contributed by atoms with E-state index in [0.29, 0.717) is 26.0 Å². The maximum Gasteiger partial charge on any atom is 0.328 e. The van der Waals surface area contributed by atoms with Crippen LogP contribution in [0.25, 0.3) is 0 Å². The summed E-state index contributed by atoms with van der Waals surface area (Å²) in [5.41, 5.74) is 1.93. The Morgan fingerprint density at radius 1 is 1.36 bits per heavy atom. The highest BCUT2D eigenvalue weighted by atomic mass is 79.9. The second-order valence-corrected chi connectivity index (χ2v) is 8.08. The van der Waals surface area contributed by atoms with Crippen molar-refractivity contribution in [1.82, 2.24) is 4.90 Å². The molecule has 1 unspecified atom stereocenters. The number of amides is 1. The zero-order valence-electron chi connectivity index (χ0n) is 15.5. The Balaban J connectivity index is 2.32. The van der Waals surface area contributed by atoms with Gasteiger partial charge in [-0.15, -0.1) is 0 Å². The van der Waals surface area contributed by atoms with E-state index in [4.69, 9.17) is 9.47 Å². The van der Waals surface area contributed by atoms with Crippen molar-refractivity contribution >= 4 is 27.8 Å². The van der Waals surface area contributed by atoms with Crippen molar-refractivity contribution in [3.05, 3.63) is 27.7 Å². The first-order chi connectivity index (χ1) is 11.7. The molecule has 138 valence electrons. The summed E-state index contributed by atoms with van der Waals surface area (Å²) >= 11 is 3.61. The van der Waals surface area contributed by atoms with Gasteiger partial charge in [-0.1, -0.05) is 36.7 Å². The number of nitrogens with zero attached hydrogens (tertiary/aromatic N) is 1. The average molecular weight is 412 g/mol. The fourth-order valence-corrected chi connectivity index (χ4v) is 3.54. The molecular weight excluding hydrogens is 386 g/mol. The Hall–Kier alpha value is -1.56. The molecular formula is C19H26BrNO4. The summed E-state index contributed by atoms with van der Waals surface area (Å²) in [5, 5.41) is 0. The minimum Gasteiger partial charge on any atom is -0.496 e. The van der Waals surface area contributed by atoms with Crippen LogP contribution in [0.15, 0.2) is 16.6 Å². The van der Waals surface area contributed by atoms with Crippen LogP contribution in [-0.4, -0.2) is 36.5 Å². The number of ether oxygens (including phenoxy) is 2. The fourth-order valence-electron chi connectivity index (χ4n) is 3.07. The van der Waals surface area contributed by atoms with Crippen LogP contribution in [0.5, 0.6) is 5.75 Å². The lowest BCUT2D eigenvalue weighted by Crippen LogP contribution is -2.39. The number of carbonyl (C=O) groups is 2. The number of rotatable bonds is 5. The van der Waals surface area contributed by atoms with E-state index >= 15 is 0 Å². The van der Waals surface area contributed by atoms with E-state index in [-0.39, 0.29) is 17.3 Å². The van der Waals surface area contributed by atoms with Gasteiger partial charge in [0.05, 0.1) is 13.7 Å². The molecule has 1 aromatic carbocycles. The van der Waals surface area contributed by atoms with Crippen LogP contribution in [0.4, 0.5) is 0 Å². The maximum atomic E-state index is 12.3. The fraction of sp³-hybridized carbons (Fsp3) is 0.579. The lowest BCUT2D eigenvalue weighted by molar-refractivity contribution is -0.151. The quantitative estimate of drug-likeness (QED) is 0.691. The van der Waals surface area contributed by atoms with Crippen molar-refractivity contribution in [2.45, 2.75) is 58.5 Å². The molecule has 0 N–H and O–H groups in total. The van der Waals surface area contributed by atoms with Gasteiger partial charge in [0.2, 0.25) is 5.91 Å². The number of benzene rings is 1. The molecule has 0 saturated carbocycles. The summed E-state index contributed by atoms with van der Waals surface area (Å²) in [4.78, 5) is 26.0. The first-order valence-electron chi connectivity index (χ1n) is 8.52. The molecule has 1 fully saturated rings. The number of esters is 1. The van der Waals surface area contributed by atoms with Gasteiger partial charge < -0.3 is 14.4 Å². The second kappa shape index (κ2) is 7.77. The molecule has 2 rings (SSSR count). The molecule has 0 bridgehead atoms. The molecule has 1 aliphatic rings. The summed E-state index contributed by atoms with van der Waals surface area (Å²) in [6, 6.07) is 3.47. The van der Waals surface area contributed by atoms with E-state index in [1.54, 1.807) is 18.9 Å². The predicted molar refractivity (Wildman–Crippen MR) is 99.6 cm³/mol. The minimum atomic E-state index is -0.507. The van der Waals surface area contributed by atoms with Crippen LogP contribution in [-0.2, 0) is 26.3 Å². The summed E-state index contributed by atoms with van der Waals surface area (Å²) < 4.78 is 11.6. The van der Waals surface area contributed by atoms with Gasteiger partial charge in [0.1, 0.15) is 11.8 Å². The van der Waals surface area contributed by atoms with E-state index in [0.717, 1.165) is 21.3 Å². The summed E-state index contributed by atoms with van der Waals surface area (Å²) in [6.07, 6.45) is 0.880. The maximum absolute atomic E-state index is 12.3. The Labute approximate surface area is 157 Å². The van der Waals surface area contributed by atoms with E-state index in [9.17, 15) is 9.59 Å². The molecule has 25 heavy (non-hydrogen) atoms. The average Bonchev–Trinajstić information content (AvgIpc) is 2.89. The Kier molecular flexibility index (Phi) is 6.14. The minimum absolute atomic E-state index is 0.0242. The normalized spacial score (nSPS) is 17.8. The molecule has 1 saturated heterocycles. The molecule has 1 heterocycles. The highest BCUT2D eigenvalue weighted by Gasteiger charge is 2.37. The highest BCUT2D eigenvalue weighted by Crippen LogP contribution is 2.37. The van der Waals surface area contributed by atoms with Gasteiger partial charge in [-0.3, -0.25) is 4.79 Å². The molecule has 1 aromatic rings. The number of hydrogen-bond donors (Lipinski definition) is 0. The standard InChI is InChI=1S/C19H26BrNO4/c1-6-25-18(23)15-7-8-17(22)21(15)11-12-9-16(24-5)13(10-14(12)20)19(2,3)4/h9-10,15H,6-8,11H2,1-5H3. The third-order valence-electron chi connectivity index (χ3n) is 4.40. The first kappa shape index (κ1) is 19.8. The largest absolute Gasteiger partial charge is 0.496 e. The van der Waals surface area contributed by atoms with Crippen LogP contribution in [0.1, 0.15) is 51.7 Å². The van der Waals surface area contributed by atoms with Gasteiger partial charge in [-0.05, 0) is 36.5 Å². The molecule has 0 spiro atoms. The molecule has 0 aromatic heterocycles. The predicted octanol–water partition coefficient (Wildman–Crippen LogP) is 3.81. The van der Waals surface area contributed by atoms with Gasteiger partial charge >= 0.3 is 5.97 Å². The number of carbonyl (C=O) groups excluding carboxylic acids is 2. The molecule has 1 atom stereocenters. The highest BCUT2D eigenvalue weighted by molar-refractivity contribution is 9.10. The van der Waals surface area contributed by atoms with Gasteiger partial charge in [0, 0.05) is 23.0 Å². The SMILES string of the molecule is CCOC(=O)C1CCC(=O)N1Cc1cc(OC)c(C(C)(C)C)cc1Br. The van der Waals surface area contributed by atoms with Crippen LogP contribution in [0, 0.1) is 0 Å². The molecule has 6 heteroatoms. The number of halogens is 1. The van der Waals surface area contributed by atoms with Crippen molar-refractivity contribution in [3.8, 4) is 5.75 Å². The monoisotopic (exact) mass is 411 g/mol. The Bertz CT molecular complexity index is 666. The number of methoxy groups -OCH3 is 1. The second-order valence-electron chi connectivity index (χ2n) is 7.22. The summed E-state index contributed by atoms with van der Waals surface area (Å²) in [6.45, 7) is 8.80. The topological polar surface area (TPSA) is 55.8 Å². The third-order valence-corrected chi connectivity index (χ3v) is 5.14. The van der Waals surface area contributed by atoms with E-state index in [2.05, 4.69) is 36.7 Å². The van der Waals surface area contributed by atoms with Gasteiger partial charge in [-0.2, -0.15) is 0 Å². The van der Waals surface area contributed by atoms with Gasteiger partial charge in [0.15, 0.2) is 0 Å². The molecule has 0 radical (unpaired) electrons. The molecule has 1 aliphatic heterocycles. The van der Waals surface area contributed by atoms with Crippen molar-refractivity contribution in [3.63, 3.8) is 0 Å². The molecule has 0 aliphatic carbocycles. The number of likely N-dealkylation sites (tertiary alicyclic amines) is 1. The number of hydrogen-bond acceptors (Lipinski definition) is 4. The lowest BCUT2D eigenvalue weighted by Gasteiger charge is -2.26. The van der Waals surface area contributed by atoms with Crippen molar-refractivity contribution in [2.24, 2.45) is 0 Å². The molecule has 5 nitrogen and oxygen atoms in total. The van der Waals surface area contributed by atoms with Gasteiger partial charge in [-0.25, -0.2) is 4.79 Å². The lowest BCUT2D eigenvalue weighted by atomic mass is 9.85. The Morgan fingerprint density at radius 2 is 2.04 bits per heavy atom. The van der Waals surface area contributed by atoms with Crippen LogP contribution in [0.2, 0.25) is 0 Å². The smallest absolute Gasteiger partial charge is 0.328 e. The van der Waals surface area contributed by atoms with Crippen LogP contribution in [0.3, 0.4) is 0 Å². The van der Waals surface area contributed by atoms with E-state index in [1.165, 1.54) is 0 Å². The summed E-state index contributed by atoms with van der Waals surface area (Å²) in [7, 11) is 1.64. The van der Waals surface area contributed by atoms with E-state index in [1.807, 2.05) is 12.1 Å². The zero-order chi connectivity index (χ0) is 18.8. The van der Waals surface area contributed by atoms with Crippen LogP contribution < -0.4 is 4.74 Å². The van der Waals surface area contributed by atoms with Crippen LogP contribution >= 0.6 is 15.9 Å². The first-order valence-corrected chi connectivity index (χ1v) is 9.31.